The number of aliphatic imine (C=N–C) groups is 1. The summed E-state index contributed by atoms with van der Waals surface area (Å²) in [4.78, 5) is 25.0. The molecule has 0 spiro atoms. The third-order valence-electron chi connectivity index (χ3n) is 1.65. The maximum Gasteiger partial charge on any atom is 0.442 e. The lowest BCUT2D eigenvalue weighted by atomic mass is 10.0. The Morgan fingerprint density at radius 2 is 2.23 bits per heavy atom. The molecule has 4 nitrogen and oxygen atoms in total. The van der Waals surface area contributed by atoms with Crippen molar-refractivity contribution in [2.24, 2.45) is 4.99 Å². The third-order valence-corrected chi connectivity index (χ3v) is 1.65. The van der Waals surface area contributed by atoms with Crippen LogP contribution in [0.2, 0.25) is 0 Å². The number of rotatable bonds is 0. The van der Waals surface area contributed by atoms with Crippen molar-refractivity contribution in [3.05, 3.63) is 23.8 Å². The van der Waals surface area contributed by atoms with Gasteiger partial charge in [-0.15, -0.1) is 0 Å². The van der Waals surface area contributed by atoms with Crippen LogP contribution < -0.4 is 0 Å². The van der Waals surface area contributed by atoms with Crippen LogP contribution in [0.1, 0.15) is 0 Å². The van der Waals surface area contributed by atoms with Gasteiger partial charge in [-0.25, -0.2) is 14.0 Å². The van der Waals surface area contributed by atoms with Crippen LogP contribution in [-0.4, -0.2) is 23.9 Å². The van der Waals surface area contributed by atoms with Crippen molar-refractivity contribution in [2.45, 2.75) is 6.17 Å². The van der Waals surface area contributed by atoms with Crippen LogP contribution in [0, 0.1) is 0 Å². The first kappa shape index (κ1) is 7.85. The number of nitrogens with zero attached hydrogens (tertiary/aromatic N) is 1. The number of hydrogen-bond acceptors (Lipinski definition) is 3. The number of carbonyl (C=O) groups is 2. The average Bonchev–Trinajstić information content (AvgIpc) is 2.06. The maximum absolute atomic E-state index is 12.7. The van der Waals surface area contributed by atoms with Gasteiger partial charge >= 0.3 is 12.1 Å². The molecule has 0 saturated carbocycles. The van der Waals surface area contributed by atoms with Crippen molar-refractivity contribution >= 4 is 17.8 Å². The van der Waals surface area contributed by atoms with Crippen LogP contribution in [0.15, 0.2) is 28.8 Å². The molecule has 0 aromatic carbocycles. The minimum Gasteiger partial charge on any atom is -0.371 e. The molecular formula is C8H4FNO3. The van der Waals surface area contributed by atoms with Crippen LogP contribution in [-0.2, 0) is 9.53 Å². The van der Waals surface area contributed by atoms with E-state index < -0.39 is 18.2 Å². The highest BCUT2D eigenvalue weighted by Gasteiger charge is 2.28. The summed E-state index contributed by atoms with van der Waals surface area (Å²) in [6.07, 6.45) is 1.27. The lowest BCUT2D eigenvalue weighted by Gasteiger charge is -2.14. The fourth-order valence-electron chi connectivity index (χ4n) is 1.10. The van der Waals surface area contributed by atoms with Gasteiger partial charge in [0.2, 0.25) is 0 Å². The summed E-state index contributed by atoms with van der Waals surface area (Å²) in [5, 5.41) is 0. The van der Waals surface area contributed by atoms with Crippen molar-refractivity contribution in [3.8, 4) is 0 Å². The monoisotopic (exact) mass is 181 g/mol. The topological polar surface area (TPSA) is 55.7 Å². The second-order valence-corrected chi connectivity index (χ2v) is 2.54. The highest BCUT2D eigenvalue weighted by atomic mass is 19.1. The molecule has 1 heterocycles. The molecule has 0 fully saturated rings. The molecule has 66 valence electrons. The molecule has 1 aliphatic carbocycles. The Labute approximate surface area is 72.4 Å². The number of esters is 1. The molecule has 1 atom stereocenters. The fraction of sp³-hybridized carbons (Fsp3) is 0.125. The smallest absolute Gasteiger partial charge is 0.371 e. The van der Waals surface area contributed by atoms with Gasteiger partial charge in [0.05, 0.1) is 11.3 Å². The van der Waals surface area contributed by atoms with Gasteiger partial charge in [0.15, 0.2) is 0 Å². The molecule has 5 heteroatoms. The molecule has 0 aromatic rings. The minimum atomic E-state index is -1.32. The third kappa shape index (κ3) is 1.28. The van der Waals surface area contributed by atoms with E-state index in [4.69, 9.17) is 0 Å². The predicted octanol–water partition coefficient (Wildman–Crippen LogP) is 0.939. The van der Waals surface area contributed by atoms with Crippen molar-refractivity contribution in [1.82, 2.24) is 0 Å². The lowest BCUT2D eigenvalue weighted by Crippen LogP contribution is -2.26. The minimum absolute atomic E-state index is 0.00889. The Morgan fingerprint density at radius 1 is 1.46 bits per heavy atom. The molecular weight excluding hydrogens is 177 g/mol. The molecule has 0 saturated heterocycles. The van der Waals surface area contributed by atoms with Gasteiger partial charge in [-0.05, 0) is 18.2 Å². The first-order chi connectivity index (χ1) is 6.16. The first-order valence-electron chi connectivity index (χ1n) is 3.56. The van der Waals surface area contributed by atoms with Crippen molar-refractivity contribution in [1.29, 1.82) is 0 Å². The van der Waals surface area contributed by atoms with Gasteiger partial charge in [0, 0.05) is 0 Å². The molecule has 1 unspecified atom stereocenters. The number of alkyl halides is 1. The first-order valence-corrected chi connectivity index (χ1v) is 3.56. The van der Waals surface area contributed by atoms with E-state index >= 15 is 0 Å². The Morgan fingerprint density at radius 3 is 3.00 bits per heavy atom. The van der Waals surface area contributed by atoms with E-state index in [1.165, 1.54) is 12.2 Å². The summed E-state index contributed by atoms with van der Waals surface area (Å²) < 4.78 is 16.9. The van der Waals surface area contributed by atoms with Gasteiger partial charge in [-0.2, -0.15) is 4.99 Å². The van der Waals surface area contributed by atoms with Crippen molar-refractivity contribution in [2.75, 3.05) is 0 Å². The van der Waals surface area contributed by atoms with E-state index in [9.17, 15) is 14.0 Å². The van der Waals surface area contributed by atoms with Crippen LogP contribution >= 0.6 is 0 Å². The van der Waals surface area contributed by atoms with Crippen LogP contribution in [0.4, 0.5) is 9.18 Å². The molecule has 2 rings (SSSR count). The Balaban J connectivity index is 2.47. The second kappa shape index (κ2) is 2.62. The standard InChI is InChI=1S/C8H4FNO3/c9-4-1-2-6-5(3-4)7(11)13-8(12)10-6/h1-4H. The van der Waals surface area contributed by atoms with Gasteiger partial charge < -0.3 is 4.74 Å². The maximum atomic E-state index is 12.7. The largest absolute Gasteiger partial charge is 0.442 e. The molecule has 2 aliphatic rings. The van der Waals surface area contributed by atoms with E-state index in [0.717, 1.165) is 6.08 Å². The van der Waals surface area contributed by atoms with Gasteiger partial charge in [-0.3, -0.25) is 0 Å². The summed E-state index contributed by atoms with van der Waals surface area (Å²) in [5.41, 5.74) is 0.171. The number of allylic oxidation sites excluding steroid dienone is 3. The molecule has 13 heavy (non-hydrogen) atoms. The zero-order valence-electron chi connectivity index (χ0n) is 6.36. The SMILES string of the molecule is O=C1N=C2C=CC(F)C=C2C(=O)O1. The second-order valence-electron chi connectivity index (χ2n) is 2.54. The van der Waals surface area contributed by atoms with Crippen LogP contribution in [0.5, 0.6) is 0 Å². The van der Waals surface area contributed by atoms with E-state index in [1.54, 1.807) is 0 Å². The highest BCUT2D eigenvalue weighted by molar-refractivity contribution is 6.30. The molecule has 1 amide bonds. The number of fused-ring (bicyclic) bond motifs is 1. The highest BCUT2D eigenvalue weighted by Crippen LogP contribution is 2.17. The Bertz CT molecular complexity index is 381. The van der Waals surface area contributed by atoms with Crippen LogP contribution in [0.25, 0.3) is 0 Å². The van der Waals surface area contributed by atoms with E-state index in [1.807, 2.05) is 0 Å². The number of ether oxygens (including phenoxy) is 1. The molecule has 1 aliphatic heterocycles. The summed E-state index contributed by atoms with van der Waals surface area (Å²) in [5.74, 6) is -0.845. The summed E-state index contributed by atoms with van der Waals surface area (Å²) in [7, 11) is 0. The van der Waals surface area contributed by atoms with Crippen LogP contribution in [0.3, 0.4) is 0 Å². The van der Waals surface area contributed by atoms with Crippen molar-refractivity contribution < 1.29 is 18.7 Å². The van der Waals surface area contributed by atoms with Gasteiger partial charge in [0.25, 0.3) is 0 Å². The van der Waals surface area contributed by atoms with E-state index in [2.05, 4.69) is 9.73 Å². The quantitative estimate of drug-likeness (QED) is 0.412. The number of amides is 1. The van der Waals surface area contributed by atoms with E-state index in [0.29, 0.717) is 0 Å². The molecule has 0 bridgehead atoms. The Kier molecular flexibility index (Phi) is 1.58. The number of hydrogen-bond donors (Lipinski definition) is 0. The van der Waals surface area contributed by atoms with Gasteiger partial charge in [-0.1, -0.05) is 0 Å². The van der Waals surface area contributed by atoms with E-state index in [-0.39, 0.29) is 11.3 Å². The van der Waals surface area contributed by atoms with Gasteiger partial charge in [0.1, 0.15) is 6.17 Å². The molecule has 0 aromatic heterocycles. The number of cyclic esters (lactones) is 2. The zero-order chi connectivity index (χ0) is 9.42. The normalized spacial score (nSPS) is 26.1. The summed E-state index contributed by atoms with van der Waals surface area (Å²) >= 11 is 0. The Hall–Kier alpha value is -1.78. The zero-order valence-corrected chi connectivity index (χ0v) is 6.36. The fourth-order valence-corrected chi connectivity index (χ4v) is 1.10. The number of halogens is 1. The summed E-state index contributed by atoms with van der Waals surface area (Å²) in [6.45, 7) is 0. The van der Waals surface area contributed by atoms with Crippen molar-refractivity contribution in [3.63, 3.8) is 0 Å². The average molecular weight is 181 g/mol. The number of carbonyl (C=O) groups excluding carboxylic acids is 2. The summed E-state index contributed by atoms with van der Waals surface area (Å²) in [6, 6.07) is 0. The molecule has 0 N–H and O–H groups in total. The predicted molar refractivity (Wildman–Crippen MR) is 41.0 cm³/mol. The molecule has 0 radical (unpaired) electrons. The lowest BCUT2D eigenvalue weighted by molar-refractivity contribution is -0.132.